The molecule has 0 saturated heterocycles. The van der Waals surface area contributed by atoms with Crippen molar-refractivity contribution in [2.24, 2.45) is 9.68 Å². The summed E-state index contributed by atoms with van der Waals surface area (Å²) in [5.41, 5.74) is 5.13. The van der Waals surface area contributed by atoms with Gasteiger partial charge in [-0.2, -0.15) is 0 Å². The molecule has 3 nitrogen and oxygen atoms in total. The van der Waals surface area contributed by atoms with E-state index in [0.29, 0.717) is 0 Å². The van der Waals surface area contributed by atoms with E-state index in [4.69, 9.17) is 9.68 Å². The van der Waals surface area contributed by atoms with E-state index >= 15 is 0 Å². The summed E-state index contributed by atoms with van der Waals surface area (Å²) < 4.78 is 4.67. The van der Waals surface area contributed by atoms with Crippen molar-refractivity contribution in [3.63, 3.8) is 0 Å². The summed E-state index contributed by atoms with van der Waals surface area (Å²) in [5, 5.41) is 0. The third-order valence-corrected chi connectivity index (χ3v) is 3.37. The molecule has 44 valence electrons. The van der Waals surface area contributed by atoms with Crippen LogP contribution in [-0.2, 0) is 4.79 Å². The Bertz CT molecular complexity index is 74.1. The molecular formula is C2H5I2N2O-. The molecule has 0 radical (unpaired) electrons. The predicted molar refractivity (Wildman–Crippen MR) is 31.2 cm³/mol. The second-order valence-electron chi connectivity index (χ2n) is 0.815. The Balaban J connectivity index is 3.35. The predicted octanol–water partition coefficient (Wildman–Crippen LogP) is -3.80. The Labute approximate surface area is 65.9 Å². The summed E-state index contributed by atoms with van der Waals surface area (Å²) in [6.45, 7) is 0. The Morgan fingerprint density at radius 2 is 2.29 bits per heavy atom. The maximum atomic E-state index is 10.3. The first-order valence-corrected chi connectivity index (χ1v) is 5.02. The Morgan fingerprint density at radius 3 is 2.29 bits per heavy atom. The van der Waals surface area contributed by atoms with Crippen molar-refractivity contribution in [3.05, 3.63) is 0 Å². The van der Waals surface area contributed by atoms with Gasteiger partial charge in [0.1, 0.15) is 0 Å². The van der Waals surface area contributed by atoms with Crippen LogP contribution in [0.1, 0.15) is 0 Å². The van der Waals surface area contributed by atoms with Crippen molar-refractivity contribution in [3.8, 4) is 0 Å². The fourth-order valence-corrected chi connectivity index (χ4v) is 1.32. The van der Waals surface area contributed by atoms with E-state index in [1.165, 1.54) is 0 Å². The Morgan fingerprint density at radius 1 is 1.86 bits per heavy atom. The van der Waals surface area contributed by atoms with Gasteiger partial charge >= 0.3 is 66.4 Å². The number of rotatable bonds is 2. The van der Waals surface area contributed by atoms with Gasteiger partial charge in [-0.3, -0.25) is 0 Å². The third-order valence-electron chi connectivity index (χ3n) is 0.324. The molecule has 0 aliphatic heterocycles. The van der Waals surface area contributed by atoms with E-state index in [2.05, 4.69) is 0 Å². The average Bonchev–Trinajstić information content (AvgIpc) is 1.65. The van der Waals surface area contributed by atoms with E-state index < -0.39 is 21.5 Å². The normalized spacial score (nSPS) is 14.1. The van der Waals surface area contributed by atoms with Gasteiger partial charge in [-0.25, -0.2) is 0 Å². The molecule has 0 aromatic rings. The number of carbonyl (C=O) groups excluding carboxylic acids is 1. The van der Waals surface area contributed by atoms with Gasteiger partial charge in [0, 0.05) is 0 Å². The maximum absolute atomic E-state index is 10.3. The number of carbonyl (C=O) groups is 1. The van der Waals surface area contributed by atoms with Crippen molar-refractivity contribution < 1.29 is 26.3 Å². The van der Waals surface area contributed by atoms with Crippen molar-refractivity contribution in [2.45, 2.75) is 4.05 Å². The molecule has 0 aromatic heterocycles. The van der Waals surface area contributed by atoms with Crippen LogP contribution in [0.15, 0.2) is 0 Å². The first-order valence-electron chi connectivity index (χ1n) is 1.45. The summed E-state index contributed by atoms with van der Waals surface area (Å²) in [6, 6.07) is 0. The monoisotopic (exact) mass is 327 g/mol. The molecule has 0 bridgehead atoms. The van der Waals surface area contributed by atoms with Crippen molar-refractivity contribution >= 4 is 26.4 Å². The van der Waals surface area contributed by atoms with E-state index in [-0.39, 0.29) is 7.84 Å². The summed E-state index contributed by atoms with van der Waals surface area (Å²) in [4.78, 5) is 10.3. The number of halogens is 2. The molecule has 0 aliphatic carbocycles. The van der Waals surface area contributed by atoms with Crippen LogP contribution in [0, 0.1) is 0 Å². The van der Waals surface area contributed by atoms with Gasteiger partial charge in [-0.05, 0) is 0 Å². The summed E-state index contributed by atoms with van der Waals surface area (Å²) in [7, 11) is 0. The molecule has 1 unspecified atom stereocenters. The quantitative estimate of drug-likeness (QED) is 0.180. The standard InChI is InChI=1S/C2H5I2N2O/c3-1(5)2(7)4-6/h1H,5-6H2/q-1. The fourth-order valence-electron chi connectivity index (χ4n) is 0.0602. The molecular weight excluding hydrogens is 322 g/mol. The number of hydrogen-bond acceptors (Lipinski definition) is 3. The zero-order valence-corrected chi connectivity index (χ0v) is 7.71. The molecule has 0 spiro atoms. The van der Waals surface area contributed by atoms with E-state index in [1.807, 2.05) is 22.6 Å². The third kappa shape index (κ3) is 3.62. The van der Waals surface area contributed by atoms with Crippen LogP contribution in [0.5, 0.6) is 0 Å². The Kier molecular flexibility index (Phi) is 4.58. The van der Waals surface area contributed by atoms with Crippen LogP contribution >= 0.6 is 22.6 Å². The van der Waals surface area contributed by atoms with Crippen molar-refractivity contribution in [1.29, 1.82) is 0 Å². The van der Waals surface area contributed by atoms with Crippen molar-refractivity contribution in [2.75, 3.05) is 0 Å². The molecule has 0 aromatic carbocycles. The second kappa shape index (κ2) is 3.98. The van der Waals surface area contributed by atoms with Gasteiger partial charge in [-0.15, -0.1) is 0 Å². The molecule has 7 heavy (non-hydrogen) atoms. The van der Waals surface area contributed by atoms with E-state index in [0.717, 1.165) is 0 Å². The number of alkyl halides is 1. The van der Waals surface area contributed by atoms with Crippen molar-refractivity contribution in [1.82, 2.24) is 0 Å². The fraction of sp³-hybridized carbons (Fsp3) is 0.500. The summed E-state index contributed by atoms with van der Waals surface area (Å²) >= 11 is 1.08. The SMILES string of the molecule is N[I-]C(=O)C(N)I. The second-order valence-corrected chi connectivity index (χ2v) is 3.84. The molecule has 1 atom stereocenters. The minimum atomic E-state index is -0.767. The van der Waals surface area contributed by atoms with E-state index in [1.54, 1.807) is 0 Å². The van der Waals surface area contributed by atoms with Gasteiger partial charge < -0.3 is 0 Å². The van der Waals surface area contributed by atoms with Crippen LogP contribution in [0.3, 0.4) is 0 Å². The van der Waals surface area contributed by atoms with Gasteiger partial charge in [-0.1, -0.05) is 0 Å². The Hall–Kier alpha value is 1.05. The molecule has 5 heteroatoms. The summed E-state index contributed by atoms with van der Waals surface area (Å²) in [6.07, 6.45) is 0. The number of hydrogen-bond donors (Lipinski definition) is 2. The van der Waals surface area contributed by atoms with Gasteiger partial charge in [0.05, 0.1) is 0 Å². The van der Waals surface area contributed by atoms with Gasteiger partial charge in [0.15, 0.2) is 0 Å². The van der Waals surface area contributed by atoms with Gasteiger partial charge in [0.2, 0.25) is 0 Å². The average molecular weight is 327 g/mol. The van der Waals surface area contributed by atoms with Crippen LogP contribution in [0.25, 0.3) is 0 Å². The molecule has 0 saturated carbocycles. The van der Waals surface area contributed by atoms with E-state index in [9.17, 15) is 4.79 Å². The minimum absolute atomic E-state index is 0.000556. The molecule has 0 heterocycles. The first-order chi connectivity index (χ1) is 3.18. The first kappa shape index (κ1) is 8.05. The van der Waals surface area contributed by atoms with Crippen LogP contribution < -0.4 is 31.2 Å². The van der Waals surface area contributed by atoms with Crippen LogP contribution in [0.2, 0.25) is 0 Å². The topological polar surface area (TPSA) is 69.1 Å². The van der Waals surface area contributed by atoms with Crippen LogP contribution in [-0.4, -0.2) is 7.84 Å². The summed E-state index contributed by atoms with van der Waals surface area (Å²) in [5.74, 6) is 0. The molecule has 0 aliphatic rings. The van der Waals surface area contributed by atoms with Gasteiger partial charge in [0.25, 0.3) is 0 Å². The molecule has 0 rings (SSSR count). The number of nitrogens with two attached hydrogens (primary N) is 2. The zero-order valence-electron chi connectivity index (χ0n) is 3.40. The zero-order chi connectivity index (χ0) is 5.86. The molecule has 0 amide bonds. The molecule has 4 N–H and O–H groups in total. The molecule has 0 fully saturated rings. The van der Waals surface area contributed by atoms with Crippen LogP contribution in [0.4, 0.5) is 0 Å².